The molecule has 0 aromatic heterocycles. The normalized spacial score (nSPS) is 13.2. The Labute approximate surface area is 154 Å². The van der Waals surface area contributed by atoms with Gasteiger partial charge in [-0.05, 0) is 0 Å². The molecule has 0 fully saturated rings. The van der Waals surface area contributed by atoms with Crippen LogP contribution >= 0.6 is 0 Å². The van der Waals surface area contributed by atoms with Gasteiger partial charge in [0.05, 0.1) is 0 Å². The van der Waals surface area contributed by atoms with Gasteiger partial charge >= 0.3 is 115 Å². The Morgan fingerprint density at radius 1 is 0.565 bits per heavy atom. The average Bonchev–Trinajstić information content (AvgIpc) is 2.57. The fraction of sp³-hybridized carbons (Fsp3) is 1.00. The molecular weight excluding hydrogens is 341 g/mol. The van der Waals surface area contributed by atoms with E-state index >= 15 is 0 Å². The first kappa shape index (κ1) is 23.5. The first-order valence-electron chi connectivity index (χ1n) is 10.8. The van der Waals surface area contributed by atoms with Crippen molar-refractivity contribution in [1.29, 1.82) is 0 Å². The third kappa shape index (κ3) is 20.5. The van der Waals surface area contributed by atoms with E-state index in [1.54, 1.807) is 0 Å². The molecule has 0 aromatic rings. The van der Waals surface area contributed by atoms with Gasteiger partial charge in [0.15, 0.2) is 0 Å². The molecule has 2 heteroatoms. The molecule has 140 valence electrons. The Bertz CT molecular complexity index is 208. The molecule has 0 aliphatic rings. The van der Waals surface area contributed by atoms with Gasteiger partial charge in [0.1, 0.15) is 0 Å². The molecule has 0 saturated carbocycles. The first-order valence-corrected chi connectivity index (χ1v) is 13.5. The molecule has 2 atom stereocenters. The van der Waals surface area contributed by atoms with Crippen molar-refractivity contribution < 1.29 is 0 Å². The zero-order valence-electron chi connectivity index (χ0n) is 16.4. The average molecular weight is 388 g/mol. The van der Waals surface area contributed by atoms with Gasteiger partial charge in [-0.1, -0.05) is 39.0 Å². The molecule has 1 nitrogen and oxygen atoms in total. The van der Waals surface area contributed by atoms with Gasteiger partial charge in [-0.15, -0.1) is 0 Å². The van der Waals surface area contributed by atoms with E-state index in [1.807, 2.05) is 0 Å². The number of hydrogen-bond donors (Lipinski definition) is 1. The van der Waals surface area contributed by atoms with Gasteiger partial charge in [-0.3, -0.25) is 0 Å². The van der Waals surface area contributed by atoms with Crippen LogP contribution in [0.15, 0.2) is 0 Å². The Hall–Kier alpha value is 0.518. The molecule has 0 amide bonds. The summed E-state index contributed by atoms with van der Waals surface area (Å²) in [6, 6.07) is 0. The van der Waals surface area contributed by atoms with Crippen molar-refractivity contribution in [2.45, 2.75) is 133 Å². The summed E-state index contributed by atoms with van der Waals surface area (Å²) in [6.07, 6.45) is 24.6. The van der Waals surface area contributed by atoms with Crippen molar-refractivity contribution in [3.8, 4) is 0 Å². The summed E-state index contributed by atoms with van der Waals surface area (Å²) >= 11 is 0.167. The van der Waals surface area contributed by atoms with Gasteiger partial charge in [0.2, 0.25) is 0 Å². The second-order valence-corrected chi connectivity index (χ2v) is 10.7. The van der Waals surface area contributed by atoms with Gasteiger partial charge in [0, 0.05) is 0 Å². The topological polar surface area (TPSA) is 26.0 Å². The van der Waals surface area contributed by atoms with Gasteiger partial charge in [-0.2, -0.15) is 0 Å². The third-order valence-corrected chi connectivity index (χ3v) is 8.18. The van der Waals surface area contributed by atoms with E-state index in [2.05, 4.69) is 13.8 Å². The Morgan fingerprint density at radius 3 is 1.26 bits per heavy atom. The van der Waals surface area contributed by atoms with Crippen LogP contribution in [0.5, 0.6) is 0 Å². The van der Waals surface area contributed by atoms with Crippen LogP contribution in [0.4, 0.5) is 0 Å². The van der Waals surface area contributed by atoms with E-state index in [0.29, 0.717) is 4.83 Å². The summed E-state index contributed by atoms with van der Waals surface area (Å²) in [4.78, 5) is 0.575. The standard InChI is InChI=1S/C21H46AsN/c1-3-5-6-7-8-9-10-11-12-13-14-15-16-17-18-19-20-22-21(23)4-2/h21-22H,3-20,23H2,1-2H3. The fourth-order valence-electron chi connectivity index (χ4n) is 3.10. The minimum absolute atomic E-state index is 0.167. The predicted molar refractivity (Wildman–Crippen MR) is 110 cm³/mol. The molecular formula is C21H46AsN. The molecule has 0 saturated heterocycles. The molecule has 0 aliphatic carbocycles. The SMILES string of the molecule is CCCCCCCCCCCCCCCCCC[AsH]C(N)CC. The molecule has 0 aromatic carbocycles. The molecule has 0 aliphatic heterocycles. The van der Waals surface area contributed by atoms with Crippen molar-refractivity contribution in [2.75, 3.05) is 0 Å². The number of unbranched alkanes of at least 4 members (excludes halogenated alkanes) is 15. The molecule has 0 rings (SSSR count). The summed E-state index contributed by atoms with van der Waals surface area (Å²) in [7, 11) is 0. The monoisotopic (exact) mass is 387 g/mol. The Kier molecular flexibility index (Phi) is 21.0. The van der Waals surface area contributed by atoms with Gasteiger partial charge in [-0.25, -0.2) is 0 Å². The summed E-state index contributed by atoms with van der Waals surface area (Å²) in [5.74, 6) is 0. The fourth-order valence-corrected chi connectivity index (χ4v) is 5.44. The van der Waals surface area contributed by atoms with Gasteiger partial charge < -0.3 is 0 Å². The third-order valence-electron chi connectivity index (χ3n) is 4.88. The molecule has 0 radical (unpaired) electrons. The molecule has 0 heterocycles. The van der Waals surface area contributed by atoms with E-state index in [4.69, 9.17) is 5.73 Å². The zero-order chi connectivity index (χ0) is 17.0. The minimum atomic E-state index is 0.167. The second kappa shape index (κ2) is 20.6. The van der Waals surface area contributed by atoms with E-state index < -0.39 is 0 Å². The number of rotatable bonds is 19. The van der Waals surface area contributed by atoms with Crippen LogP contribution in [0, 0.1) is 0 Å². The maximum atomic E-state index is 5.99. The quantitative estimate of drug-likeness (QED) is 0.191. The molecule has 23 heavy (non-hydrogen) atoms. The number of hydrogen-bond acceptors (Lipinski definition) is 1. The summed E-state index contributed by atoms with van der Waals surface area (Å²) in [6.45, 7) is 4.52. The predicted octanol–water partition coefficient (Wildman–Crippen LogP) is 6.80. The van der Waals surface area contributed by atoms with Crippen LogP contribution in [0.2, 0.25) is 5.21 Å². The Morgan fingerprint density at radius 2 is 0.913 bits per heavy atom. The zero-order valence-corrected chi connectivity index (χ0v) is 18.5. The molecule has 0 spiro atoms. The van der Waals surface area contributed by atoms with E-state index in [0.717, 1.165) is 0 Å². The Balaban J connectivity index is 2.97. The van der Waals surface area contributed by atoms with E-state index in [9.17, 15) is 0 Å². The van der Waals surface area contributed by atoms with Crippen molar-refractivity contribution in [2.24, 2.45) is 5.73 Å². The van der Waals surface area contributed by atoms with Gasteiger partial charge in [0.25, 0.3) is 0 Å². The molecule has 2 unspecified atom stereocenters. The number of nitrogens with two attached hydrogens (primary N) is 1. The van der Waals surface area contributed by atoms with E-state index in [1.165, 1.54) is 114 Å². The van der Waals surface area contributed by atoms with Crippen LogP contribution in [0.1, 0.15) is 123 Å². The second-order valence-electron chi connectivity index (χ2n) is 7.27. The van der Waals surface area contributed by atoms with Crippen molar-refractivity contribution in [3.63, 3.8) is 0 Å². The van der Waals surface area contributed by atoms with Crippen molar-refractivity contribution >= 4 is 15.8 Å². The van der Waals surface area contributed by atoms with Crippen molar-refractivity contribution in [3.05, 3.63) is 0 Å². The van der Waals surface area contributed by atoms with Crippen LogP contribution in [0.25, 0.3) is 0 Å². The first-order chi connectivity index (χ1) is 11.3. The van der Waals surface area contributed by atoms with Crippen LogP contribution in [-0.4, -0.2) is 20.6 Å². The maximum absolute atomic E-state index is 5.99. The molecule has 0 bridgehead atoms. The summed E-state index contributed by atoms with van der Waals surface area (Å²) < 4.78 is 0. The van der Waals surface area contributed by atoms with Crippen LogP contribution < -0.4 is 5.73 Å². The van der Waals surface area contributed by atoms with Crippen LogP contribution in [-0.2, 0) is 0 Å². The van der Waals surface area contributed by atoms with Crippen molar-refractivity contribution in [1.82, 2.24) is 0 Å². The van der Waals surface area contributed by atoms with E-state index in [-0.39, 0.29) is 15.8 Å². The molecule has 2 N–H and O–H groups in total. The summed E-state index contributed by atoms with van der Waals surface area (Å²) in [5.41, 5.74) is 5.99. The summed E-state index contributed by atoms with van der Waals surface area (Å²) in [5, 5.41) is 1.47. The van der Waals surface area contributed by atoms with Crippen LogP contribution in [0.3, 0.4) is 0 Å².